The summed E-state index contributed by atoms with van der Waals surface area (Å²) in [7, 11) is 1.59. The van der Waals surface area contributed by atoms with Gasteiger partial charge in [0.1, 0.15) is 6.61 Å². The zero-order chi connectivity index (χ0) is 22.4. The predicted octanol–water partition coefficient (Wildman–Crippen LogP) is 5.25. The Kier molecular flexibility index (Phi) is 7.90. The standard InChI is InChI=1S/C22H24Cl2N4O3/c1-14(2)11-20(29)25-16-5-4-6-17(13-16)28-21(15-7-8-18(23)19(24)12-15)26-22(27-28)31-10-9-30-3/h4-8,12-14H,9-11H2,1-3H3,(H,25,29). The molecule has 0 aliphatic carbocycles. The van der Waals surface area contributed by atoms with Crippen molar-refractivity contribution in [1.29, 1.82) is 0 Å². The Labute approximate surface area is 191 Å². The summed E-state index contributed by atoms with van der Waals surface area (Å²) < 4.78 is 12.3. The van der Waals surface area contributed by atoms with E-state index in [-0.39, 0.29) is 17.8 Å². The normalized spacial score (nSPS) is 11.0. The Morgan fingerprint density at radius 1 is 1.13 bits per heavy atom. The van der Waals surface area contributed by atoms with Gasteiger partial charge in [-0.3, -0.25) is 4.79 Å². The third-order valence-corrected chi connectivity index (χ3v) is 4.99. The molecule has 3 rings (SSSR count). The number of carbonyl (C=O) groups excluding carboxylic acids is 1. The van der Waals surface area contributed by atoms with Crippen molar-refractivity contribution in [2.45, 2.75) is 20.3 Å². The van der Waals surface area contributed by atoms with Crippen LogP contribution in [0.4, 0.5) is 5.69 Å². The summed E-state index contributed by atoms with van der Waals surface area (Å²) in [5, 5.41) is 8.26. The van der Waals surface area contributed by atoms with E-state index < -0.39 is 0 Å². The zero-order valence-corrected chi connectivity index (χ0v) is 19.1. The molecule has 0 bridgehead atoms. The highest BCUT2D eigenvalue weighted by atomic mass is 35.5. The minimum atomic E-state index is -0.0426. The number of ether oxygens (including phenoxy) is 2. The van der Waals surface area contributed by atoms with E-state index in [1.807, 2.05) is 44.2 Å². The molecule has 1 N–H and O–H groups in total. The van der Waals surface area contributed by atoms with E-state index in [2.05, 4.69) is 15.4 Å². The number of hydrogen-bond donors (Lipinski definition) is 1. The summed E-state index contributed by atoms with van der Waals surface area (Å²) in [4.78, 5) is 16.7. The molecule has 7 nitrogen and oxygen atoms in total. The van der Waals surface area contributed by atoms with Crippen LogP contribution in [0, 0.1) is 5.92 Å². The van der Waals surface area contributed by atoms with Gasteiger partial charge in [-0.1, -0.05) is 43.1 Å². The van der Waals surface area contributed by atoms with Gasteiger partial charge in [-0.2, -0.15) is 4.98 Å². The van der Waals surface area contributed by atoms with Crippen molar-refractivity contribution in [3.05, 3.63) is 52.5 Å². The van der Waals surface area contributed by atoms with Gasteiger partial charge in [0.05, 0.1) is 22.3 Å². The fourth-order valence-corrected chi connectivity index (χ4v) is 3.17. The van der Waals surface area contributed by atoms with Gasteiger partial charge in [0, 0.05) is 24.8 Å². The maximum absolute atomic E-state index is 12.2. The molecule has 164 valence electrons. The van der Waals surface area contributed by atoms with Crippen LogP contribution < -0.4 is 10.1 Å². The highest BCUT2D eigenvalue weighted by molar-refractivity contribution is 6.42. The van der Waals surface area contributed by atoms with E-state index in [4.69, 9.17) is 32.7 Å². The van der Waals surface area contributed by atoms with E-state index in [0.717, 1.165) is 5.56 Å². The molecule has 31 heavy (non-hydrogen) atoms. The van der Waals surface area contributed by atoms with Gasteiger partial charge in [0.25, 0.3) is 0 Å². The molecule has 0 aliphatic heterocycles. The van der Waals surface area contributed by atoms with Crippen molar-refractivity contribution in [2.24, 2.45) is 5.92 Å². The first kappa shape index (κ1) is 23.1. The van der Waals surface area contributed by atoms with Crippen LogP contribution in [0.2, 0.25) is 10.0 Å². The minimum Gasteiger partial charge on any atom is -0.460 e. The third-order valence-electron chi connectivity index (χ3n) is 4.25. The number of rotatable bonds is 9. The number of nitrogens with one attached hydrogen (secondary N) is 1. The first-order chi connectivity index (χ1) is 14.9. The first-order valence-electron chi connectivity index (χ1n) is 9.82. The number of carbonyl (C=O) groups is 1. The van der Waals surface area contributed by atoms with E-state index in [0.29, 0.717) is 46.9 Å². The van der Waals surface area contributed by atoms with Crippen LogP contribution in [0.1, 0.15) is 20.3 Å². The smallest absolute Gasteiger partial charge is 0.336 e. The number of amides is 1. The fourth-order valence-electron chi connectivity index (χ4n) is 2.87. The summed E-state index contributed by atoms with van der Waals surface area (Å²) in [6, 6.07) is 12.8. The van der Waals surface area contributed by atoms with E-state index >= 15 is 0 Å². The molecular weight excluding hydrogens is 439 g/mol. The molecular formula is C22H24Cl2N4O3. The van der Waals surface area contributed by atoms with Crippen LogP contribution in [0.25, 0.3) is 17.1 Å². The lowest BCUT2D eigenvalue weighted by Crippen LogP contribution is -2.14. The molecule has 0 fully saturated rings. The second-order valence-corrected chi connectivity index (χ2v) is 8.11. The van der Waals surface area contributed by atoms with Crippen LogP contribution in [0.5, 0.6) is 6.01 Å². The number of hydrogen-bond acceptors (Lipinski definition) is 5. The van der Waals surface area contributed by atoms with Crippen molar-refractivity contribution in [3.63, 3.8) is 0 Å². The second-order valence-electron chi connectivity index (χ2n) is 7.30. The molecule has 2 aromatic carbocycles. The molecule has 1 aromatic heterocycles. The lowest BCUT2D eigenvalue weighted by molar-refractivity contribution is -0.116. The Hall–Kier alpha value is -2.61. The molecule has 0 radical (unpaired) electrons. The topological polar surface area (TPSA) is 78.3 Å². The Morgan fingerprint density at radius 3 is 2.65 bits per heavy atom. The number of halogens is 2. The van der Waals surface area contributed by atoms with Gasteiger partial charge in [0.15, 0.2) is 5.82 Å². The second kappa shape index (κ2) is 10.6. The summed E-state index contributed by atoms with van der Waals surface area (Å²) in [6.07, 6.45) is 0.444. The third kappa shape index (κ3) is 6.19. The van der Waals surface area contributed by atoms with Crippen LogP contribution in [0.15, 0.2) is 42.5 Å². The fraction of sp³-hybridized carbons (Fsp3) is 0.318. The molecule has 0 saturated carbocycles. The van der Waals surface area contributed by atoms with Crippen LogP contribution in [-0.2, 0) is 9.53 Å². The van der Waals surface area contributed by atoms with E-state index in [1.54, 1.807) is 23.9 Å². The minimum absolute atomic E-state index is 0.0426. The quantitative estimate of drug-likeness (QED) is 0.439. The van der Waals surface area contributed by atoms with Crippen molar-refractivity contribution in [3.8, 4) is 23.1 Å². The lowest BCUT2D eigenvalue weighted by Gasteiger charge is -2.10. The summed E-state index contributed by atoms with van der Waals surface area (Å²) in [5.74, 6) is 0.752. The van der Waals surface area contributed by atoms with Crippen LogP contribution >= 0.6 is 23.2 Å². The molecule has 0 spiro atoms. The average molecular weight is 463 g/mol. The number of nitrogens with zero attached hydrogens (tertiary/aromatic N) is 3. The monoisotopic (exact) mass is 462 g/mol. The van der Waals surface area contributed by atoms with Gasteiger partial charge in [-0.05, 0) is 42.3 Å². The predicted molar refractivity (Wildman–Crippen MR) is 122 cm³/mol. The van der Waals surface area contributed by atoms with Crippen LogP contribution in [0.3, 0.4) is 0 Å². The van der Waals surface area contributed by atoms with Gasteiger partial charge in [-0.25, -0.2) is 4.68 Å². The maximum Gasteiger partial charge on any atom is 0.336 e. The largest absolute Gasteiger partial charge is 0.460 e. The maximum atomic E-state index is 12.2. The van der Waals surface area contributed by atoms with Gasteiger partial charge >= 0.3 is 6.01 Å². The van der Waals surface area contributed by atoms with Crippen LogP contribution in [-0.4, -0.2) is 41.0 Å². The summed E-state index contributed by atoms with van der Waals surface area (Å²) >= 11 is 12.3. The first-order valence-corrected chi connectivity index (χ1v) is 10.6. The molecule has 3 aromatic rings. The summed E-state index contributed by atoms with van der Waals surface area (Å²) in [6.45, 7) is 4.72. The lowest BCUT2D eigenvalue weighted by atomic mass is 10.1. The average Bonchev–Trinajstić information content (AvgIpc) is 3.14. The highest BCUT2D eigenvalue weighted by Gasteiger charge is 2.16. The highest BCUT2D eigenvalue weighted by Crippen LogP contribution is 2.30. The van der Waals surface area contributed by atoms with Crippen molar-refractivity contribution in [2.75, 3.05) is 25.6 Å². The number of aromatic nitrogens is 3. The number of benzene rings is 2. The Balaban J connectivity index is 1.97. The van der Waals surface area contributed by atoms with Gasteiger partial charge in [0.2, 0.25) is 5.91 Å². The molecule has 1 heterocycles. The molecule has 0 atom stereocenters. The zero-order valence-electron chi connectivity index (χ0n) is 17.6. The van der Waals surface area contributed by atoms with Gasteiger partial charge in [-0.15, -0.1) is 5.10 Å². The SMILES string of the molecule is COCCOc1nc(-c2ccc(Cl)c(Cl)c2)n(-c2cccc(NC(=O)CC(C)C)c2)n1. The summed E-state index contributed by atoms with van der Waals surface area (Å²) in [5.41, 5.74) is 2.09. The van der Waals surface area contributed by atoms with Crippen molar-refractivity contribution in [1.82, 2.24) is 14.8 Å². The van der Waals surface area contributed by atoms with Crippen molar-refractivity contribution >= 4 is 34.8 Å². The molecule has 9 heteroatoms. The number of methoxy groups -OCH3 is 1. The Morgan fingerprint density at radius 2 is 1.94 bits per heavy atom. The number of anilines is 1. The van der Waals surface area contributed by atoms with E-state index in [9.17, 15) is 4.79 Å². The molecule has 0 aliphatic rings. The molecule has 0 unspecified atom stereocenters. The Bertz CT molecular complexity index is 1050. The van der Waals surface area contributed by atoms with Gasteiger partial charge < -0.3 is 14.8 Å². The van der Waals surface area contributed by atoms with Crippen molar-refractivity contribution < 1.29 is 14.3 Å². The van der Waals surface area contributed by atoms with E-state index in [1.165, 1.54) is 0 Å². The molecule has 0 saturated heterocycles. The molecule has 1 amide bonds.